The minimum atomic E-state index is -0.653. The SMILES string of the molecule is CCCCCCCCCCCCCCCCCC(=O)O.CCCCCCCCCCCCCCCNC(C)C. The van der Waals surface area contributed by atoms with E-state index in [2.05, 4.69) is 33.0 Å². The number of carbonyl (C=O) groups is 1. The van der Waals surface area contributed by atoms with E-state index in [0.717, 1.165) is 12.8 Å². The van der Waals surface area contributed by atoms with Crippen LogP contribution in [0, 0.1) is 0 Å². The van der Waals surface area contributed by atoms with Crippen LogP contribution in [-0.4, -0.2) is 23.7 Å². The lowest BCUT2D eigenvalue weighted by Gasteiger charge is -2.07. The molecule has 236 valence electrons. The molecule has 0 saturated heterocycles. The Labute approximate surface area is 247 Å². The molecule has 0 radical (unpaired) electrons. The standard InChI is InChI=1S/C18H39N.C18H36O2/c1-4-5-6-7-8-9-10-11-12-13-14-15-16-17-19-18(2)3;1-2-3-4-5-6-7-8-9-10-11-12-13-14-15-16-17-18(19)20/h18-19H,4-17H2,1-3H3;2-17H2,1H3,(H,19,20). The number of aliphatic carboxylic acids is 1. The van der Waals surface area contributed by atoms with Gasteiger partial charge in [0.05, 0.1) is 0 Å². The molecule has 0 fully saturated rings. The fourth-order valence-corrected chi connectivity index (χ4v) is 5.18. The van der Waals surface area contributed by atoms with Crippen LogP contribution in [0.4, 0.5) is 0 Å². The Bertz CT molecular complexity index is 438. The Morgan fingerprint density at radius 2 is 0.718 bits per heavy atom. The van der Waals surface area contributed by atoms with Crippen molar-refractivity contribution in [2.75, 3.05) is 6.54 Å². The minimum absolute atomic E-state index is 0.345. The maximum Gasteiger partial charge on any atom is 0.303 e. The van der Waals surface area contributed by atoms with Gasteiger partial charge in [-0.25, -0.2) is 0 Å². The number of rotatable bonds is 31. The average molecular weight is 554 g/mol. The van der Waals surface area contributed by atoms with Crippen LogP contribution < -0.4 is 5.32 Å². The van der Waals surface area contributed by atoms with E-state index in [9.17, 15) is 4.79 Å². The first kappa shape index (κ1) is 40.6. The fourth-order valence-electron chi connectivity index (χ4n) is 5.18. The molecule has 0 bridgehead atoms. The van der Waals surface area contributed by atoms with Crippen molar-refractivity contribution in [1.29, 1.82) is 0 Å². The van der Waals surface area contributed by atoms with Crippen LogP contribution in [0.25, 0.3) is 0 Å². The first-order chi connectivity index (χ1) is 19.0. The molecule has 0 atom stereocenters. The Morgan fingerprint density at radius 1 is 0.462 bits per heavy atom. The van der Waals surface area contributed by atoms with Crippen molar-refractivity contribution in [3.05, 3.63) is 0 Å². The molecule has 0 amide bonds. The molecular weight excluding hydrogens is 478 g/mol. The smallest absolute Gasteiger partial charge is 0.303 e. The highest BCUT2D eigenvalue weighted by molar-refractivity contribution is 5.66. The third-order valence-electron chi connectivity index (χ3n) is 7.83. The summed E-state index contributed by atoms with van der Waals surface area (Å²) in [6.07, 6.45) is 39.0. The van der Waals surface area contributed by atoms with Gasteiger partial charge in [-0.15, -0.1) is 0 Å². The van der Waals surface area contributed by atoms with E-state index in [4.69, 9.17) is 5.11 Å². The maximum atomic E-state index is 10.3. The van der Waals surface area contributed by atoms with Crippen molar-refractivity contribution in [3.8, 4) is 0 Å². The van der Waals surface area contributed by atoms with Crippen molar-refractivity contribution in [1.82, 2.24) is 5.32 Å². The molecule has 0 spiro atoms. The van der Waals surface area contributed by atoms with Gasteiger partial charge in [-0.3, -0.25) is 4.79 Å². The lowest BCUT2D eigenvalue weighted by Crippen LogP contribution is -2.23. The Hall–Kier alpha value is -0.570. The topological polar surface area (TPSA) is 49.3 Å². The highest BCUT2D eigenvalue weighted by Gasteiger charge is 1.97. The summed E-state index contributed by atoms with van der Waals surface area (Å²) in [7, 11) is 0. The van der Waals surface area contributed by atoms with Crippen LogP contribution in [0.2, 0.25) is 0 Å². The number of unbranched alkanes of at least 4 members (excludes halogenated alkanes) is 26. The van der Waals surface area contributed by atoms with Gasteiger partial charge in [-0.2, -0.15) is 0 Å². The predicted octanol–water partition coefficient (Wildman–Crippen LogP) is 12.4. The van der Waals surface area contributed by atoms with E-state index in [1.54, 1.807) is 0 Å². The number of carboxylic acids is 1. The molecule has 0 aromatic heterocycles. The minimum Gasteiger partial charge on any atom is -0.481 e. The summed E-state index contributed by atoms with van der Waals surface area (Å²) in [5, 5.41) is 12.0. The summed E-state index contributed by atoms with van der Waals surface area (Å²) in [5.41, 5.74) is 0. The Balaban J connectivity index is 0. The van der Waals surface area contributed by atoms with E-state index < -0.39 is 5.97 Å². The molecule has 0 rings (SSSR count). The second-order valence-corrected chi connectivity index (χ2v) is 12.4. The lowest BCUT2D eigenvalue weighted by atomic mass is 10.0. The summed E-state index contributed by atoms with van der Waals surface area (Å²) < 4.78 is 0. The molecule has 2 N–H and O–H groups in total. The van der Waals surface area contributed by atoms with E-state index in [0.29, 0.717) is 12.5 Å². The van der Waals surface area contributed by atoms with Crippen LogP contribution in [0.15, 0.2) is 0 Å². The van der Waals surface area contributed by atoms with Gasteiger partial charge < -0.3 is 10.4 Å². The average Bonchev–Trinajstić information content (AvgIpc) is 2.91. The van der Waals surface area contributed by atoms with Crippen LogP contribution >= 0.6 is 0 Å². The molecule has 0 saturated carbocycles. The monoisotopic (exact) mass is 554 g/mol. The number of nitrogens with one attached hydrogen (secondary N) is 1. The van der Waals surface area contributed by atoms with E-state index in [-0.39, 0.29) is 0 Å². The van der Waals surface area contributed by atoms with Crippen molar-refractivity contribution >= 4 is 5.97 Å². The summed E-state index contributed by atoms with van der Waals surface area (Å²) in [6.45, 7) is 10.2. The van der Waals surface area contributed by atoms with Crippen LogP contribution in [0.5, 0.6) is 0 Å². The molecule has 0 aliphatic carbocycles. The number of hydrogen-bond donors (Lipinski definition) is 2. The first-order valence-electron chi connectivity index (χ1n) is 18.0. The second kappa shape index (κ2) is 37.4. The zero-order valence-electron chi connectivity index (χ0n) is 27.6. The van der Waals surface area contributed by atoms with Gasteiger partial charge in [-0.05, 0) is 19.4 Å². The molecule has 0 aromatic carbocycles. The zero-order chi connectivity index (χ0) is 29.1. The third-order valence-corrected chi connectivity index (χ3v) is 7.83. The van der Waals surface area contributed by atoms with E-state index in [1.807, 2.05) is 0 Å². The van der Waals surface area contributed by atoms with Gasteiger partial charge in [-0.1, -0.05) is 195 Å². The molecule has 0 aliphatic heterocycles. The molecule has 0 heterocycles. The van der Waals surface area contributed by atoms with E-state index in [1.165, 1.54) is 173 Å². The van der Waals surface area contributed by atoms with E-state index >= 15 is 0 Å². The van der Waals surface area contributed by atoms with Gasteiger partial charge in [0.1, 0.15) is 0 Å². The largest absolute Gasteiger partial charge is 0.481 e. The first-order valence-corrected chi connectivity index (χ1v) is 18.0. The molecule has 0 aromatic rings. The molecular formula is C36H75NO2. The molecule has 0 unspecified atom stereocenters. The van der Waals surface area contributed by atoms with Gasteiger partial charge in [0.25, 0.3) is 0 Å². The van der Waals surface area contributed by atoms with Crippen molar-refractivity contribution in [2.45, 2.75) is 220 Å². The molecule has 0 aliphatic rings. The second-order valence-electron chi connectivity index (χ2n) is 12.4. The van der Waals surface area contributed by atoms with Crippen molar-refractivity contribution in [3.63, 3.8) is 0 Å². The van der Waals surface area contributed by atoms with Gasteiger partial charge in [0.2, 0.25) is 0 Å². The fraction of sp³-hybridized carbons (Fsp3) is 0.972. The van der Waals surface area contributed by atoms with Crippen LogP contribution in [0.3, 0.4) is 0 Å². The van der Waals surface area contributed by atoms with Crippen molar-refractivity contribution < 1.29 is 9.90 Å². The Morgan fingerprint density at radius 3 is 0.974 bits per heavy atom. The van der Waals surface area contributed by atoms with Crippen molar-refractivity contribution in [2.24, 2.45) is 0 Å². The maximum absolute atomic E-state index is 10.3. The summed E-state index contributed by atoms with van der Waals surface area (Å²) in [5.74, 6) is -0.653. The molecule has 3 nitrogen and oxygen atoms in total. The summed E-state index contributed by atoms with van der Waals surface area (Å²) in [6, 6.07) is 0.650. The highest BCUT2D eigenvalue weighted by atomic mass is 16.4. The number of carboxylic acid groups (broad SMARTS) is 1. The van der Waals surface area contributed by atoms with Crippen LogP contribution in [-0.2, 0) is 4.79 Å². The van der Waals surface area contributed by atoms with Crippen LogP contribution in [0.1, 0.15) is 214 Å². The highest BCUT2D eigenvalue weighted by Crippen LogP contribution is 2.14. The number of hydrogen-bond acceptors (Lipinski definition) is 2. The Kier molecular flexibility index (Phi) is 38.9. The quantitative estimate of drug-likeness (QED) is 0.0839. The summed E-state index contributed by atoms with van der Waals surface area (Å²) in [4.78, 5) is 10.3. The molecule has 3 heteroatoms. The lowest BCUT2D eigenvalue weighted by molar-refractivity contribution is -0.137. The molecule has 39 heavy (non-hydrogen) atoms. The van der Waals surface area contributed by atoms with Gasteiger partial charge in [0, 0.05) is 12.5 Å². The summed E-state index contributed by atoms with van der Waals surface area (Å²) >= 11 is 0. The zero-order valence-corrected chi connectivity index (χ0v) is 27.6. The van der Waals surface area contributed by atoms with Gasteiger partial charge >= 0.3 is 5.97 Å². The normalized spacial score (nSPS) is 11.1. The van der Waals surface area contributed by atoms with Gasteiger partial charge in [0.15, 0.2) is 0 Å². The third kappa shape index (κ3) is 44.7. The predicted molar refractivity (Wildman–Crippen MR) is 176 cm³/mol.